The molecule has 14 heavy (non-hydrogen) atoms. The summed E-state index contributed by atoms with van der Waals surface area (Å²) in [5.41, 5.74) is 5.81. The molecular formula is C13H19N. The first-order valence-electron chi connectivity index (χ1n) is 5.42. The number of benzene rings is 1. The van der Waals surface area contributed by atoms with Gasteiger partial charge in [-0.25, -0.2) is 0 Å². The molecule has 1 aliphatic rings. The molecule has 0 saturated carbocycles. The Labute approximate surface area is 86.5 Å². The van der Waals surface area contributed by atoms with Crippen molar-refractivity contribution in [3.05, 3.63) is 34.4 Å². The second kappa shape index (κ2) is 3.39. The van der Waals surface area contributed by atoms with Gasteiger partial charge in [0.2, 0.25) is 0 Å². The Kier molecular flexibility index (Phi) is 2.36. The summed E-state index contributed by atoms with van der Waals surface area (Å²) in [6.07, 6.45) is 1.28. The summed E-state index contributed by atoms with van der Waals surface area (Å²) in [6, 6.07) is 5.81. The zero-order chi connectivity index (χ0) is 10.3. The number of aryl methyl sites for hydroxylation is 1. The van der Waals surface area contributed by atoms with E-state index in [1.54, 1.807) is 0 Å². The fourth-order valence-corrected chi connectivity index (χ4v) is 2.24. The lowest BCUT2D eigenvalue weighted by molar-refractivity contribution is 0.287. The van der Waals surface area contributed by atoms with Gasteiger partial charge in [-0.1, -0.05) is 12.1 Å². The van der Waals surface area contributed by atoms with Crippen LogP contribution in [0.1, 0.15) is 41.6 Å². The first-order chi connectivity index (χ1) is 6.59. The molecule has 0 aromatic heterocycles. The molecule has 1 fully saturated rings. The van der Waals surface area contributed by atoms with Crippen molar-refractivity contribution in [2.45, 2.75) is 46.2 Å². The number of rotatable bonds is 1. The van der Waals surface area contributed by atoms with Crippen LogP contribution in [0.25, 0.3) is 0 Å². The molecule has 1 heterocycles. The molecule has 1 aliphatic heterocycles. The van der Waals surface area contributed by atoms with Crippen LogP contribution in [0, 0.1) is 20.8 Å². The summed E-state index contributed by atoms with van der Waals surface area (Å²) >= 11 is 0. The van der Waals surface area contributed by atoms with E-state index >= 15 is 0 Å². The van der Waals surface area contributed by atoms with Crippen LogP contribution in [0.15, 0.2) is 12.1 Å². The maximum absolute atomic E-state index is 3.55. The van der Waals surface area contributed by atoms with E-state index in [1.165, 1.54) is 28.7 Å². The summed E-state index contributed by atoms with van der Waals surface area (Å²) in [5.74, 6) is 0. The summed E-state index contributed by atoms with van der Waals surface area (Å²) in [4.78, 5) is 0. The van der Waals surface area contributed by atoms with Crippen molar-refractivity contribution in [3.8, 4) is 0 Å². The highest BCUT2D eigenvalue weighted by Gasteiger charge is 2.26. The van der Waals surface area contributed by atoms with E-state index in [4.69, 9.17) is 0 Å². The second-order valence-electron chi connectivity index (χ2n) is 4.58. The predicted molar refractivity (Wildman–Crippen MR) is 60.6 cm³/mol. The van der Waals surface area contributed by atoms with E-state index in [0.29, 0.717) is 12.1 Å². The van der Waals surface area contributed by atoms with Crippen LogP contribution in [0.3, 0.4) is 0 Å². The second-order valence-corrected chi connectivity index (χ2v) is 4.58. The minimum Gasteiger partial charge on any atom is -0.307 e. The lowest BCUT2D eigenvalue weighted by Gasteiger charge is -2.36. The summed E-state index contributed by atoms with van der Waals surface area (Å²) in [7, 11) is 0. The SMILES string of the molecule is Cc1ccc(C2CC(C)N2)c(C)c1C. The molecule has 0 bridgehead atoms. The summed E-state index contributed by atoms with van der Waals surface area (Å²) < 4.78 is 0. The first kappa shape index (κ1) is 9.72. The highest BCUT2D eigenvalue weighted by atomic mass is 15.0. The Hall–Kier alpha value is -0.820. The van der Waals surface area contributed by atoms with E-state index in [9.17, 15) is 0 Å². The van der Waals surface area contributed by atoms with Gasteiger partial charge in [0.1, 0.15) is 0 Å². The van der Waals surface area contributed by atoms with Gasteiger partial charge >= 0.3 is 0 Å². The molecule has 0 aliphatic carbocycles. The molecule has 1 saturated heterocycles. The summed E-state index contributed by atoms with van der Waals surface area (Å²) in [6.45, 7) is 8.88. The van der Waals surface area contributed by atoms with Crippen molar-refractivity contribution in [2.75, 3.05) is 0 Å². The van der Waals surface area contributed by atoms with Crippen molar-refractivity contribution in [3.63, 3.8) is 0 Å². The Morgan fingerprint density at radius 3 is 2.36 bits per heavy atom. The van der Waals surface area contributed by atoms with Crippen LogP contribution >= 0.6 is 0 Å². The minimum atomic E-state index is 0.601. The maximum Gasteiger partial charge on any atom is 0.0339 e. The molecule has 1 N–H and O–H groups in total. The van der Waals surface area contributed by atoms with Gasteiger partial charge in [-0.2, -0.15) is 0 Å². The fraction of sp³-hybridized carbons (Fsp3) is 0.538. The predicted octanol–water partition coefficient (Wildman–Crippen LogP) is 3.03. The van der Waals surface area contributed by atoms with E-state index in [2.05, 4.69) is 45.1 Å². The average Bonchev–Trinajstić information content (AvgIpc) is 2.11. The number of hydrogen-bond acceptors (Lipinski definition) is 1. The highest BCUT2D eigenvalue weighted by Crippen LogP contribution is 2.31. The molecule has 2 atom stereocenters. The average molecular weight is 189 g/mol. The van der Waals surface area contributed by atoms with Gasteiger partial charge in [-0.05, 0) is 56.4 Å². The van der Waals surface area contributed by atoms with Crippen LogP contribution < -0.4 is 5.32 Å². The zero-order valence-corrected chi connectivity index (χ0v) is 9.52. The molecule has 0 spiro atoms. The van der Waals surface area contributed by atoms with Crippen LogP contribution in [-0.2, 0) is 0 Å². The minimum absolute atomic E-state index is 0.601. The molecule has 76 valence electrons. The van der Waals surface area contributed by atoms with Crippen LogP contribution in [0.5, 0.6) is 0 Å². The topological polar surface area (TPSA) is 12.0 Å². The van der Waals surface area contributed by atoms with Gasteiger partial charge in [0, 0.05) is 12.1 Å². The first-order valence-corrected chi connectivity index (χ1v) is 5.42. The van der Waals surface area contributed by atoms with Crippen molar-refractivity contribution in [1.82, 2.24) is 5.32 Å². The van der Waals surface area contributed by atoms with Gasteiger partial charge in [0.25, 0.3) is 0 Å². The van der Waals surface area contributed by atoms with Crippen molar-refractivity contribution in [1.29, 1.82) is 0 Å². The molecule has 1 aromatic carbocycles. The Balaban J connectivity index is 2.31. The molecule has 0 amide bonds. The Bertz CT molecular complexity index is 348. The maximum atomic E-state index is 3.55. The Morgan fingerprint density at radius 2 is 1.79 bits per heavy atom. The standard InChI is InChI=1S/C13H19N/c1-8-5-6-12(11(4)10(8)3)13-7-9(2)14-13/h5-6,9,13-14H,7H2,1-4H3. The number of nitrogens with one attached hydrogen (secondary N) is 1. The van der Waals surface area contributed by atoms with Crippen molar-refractivity contribution < 1.29 is 0 Å². The van der Waals surface area contributed by atoms with E-state index < -0.39 is 0 Å². The van der Waals surface area contributed by atoms with E-state index in [0.717, 1.165) is 0 Å². The van der Waals surface area contributed by atoms with Gasteiger partial charge in [-0.15, -0.1) is 0 Å². The van der Waals surface area contributed by atoms with Crippen LogP contribution in [0.4, 0.5) is 0 Å². The quantitative estimate of drug-likeness (QED) is 0.716. The van der Waals surface area contributed by atoms with Crippen molar-refractivity contribution in [2.24, 2.45) is 0 Å². The van der Waals surface area contributed by atoms with E-state index in [1.807, 2.05) is 0 Å². The number of hydrogen-bond donors (Lipinski definition) is 1. The van der Waals surface area contributed by atoms with Gasteiger partial charge in [0.05, 0.1) is 0 Å². The monoisotopic (exact) mass is 189 g/mol. The molecule has 0 radical (unpaired) electrons. The smallest absolute Gasteiger partial charge is 0.0339 e. The lowest BCUT2D eigenvalue weighted by atomic mass is 9.86. The molecule has 1 aromatic rings. The molecule has 1 nitrogen and oxygen atoms in total. The van der Waals surface area contributed by atoms with Gasteiger partial charge in [-0.3, -0.25) is 0 Å². The molecule has 1 heteroatoms. The van der Waals surface area contributed by atoms with Crippen molar-refractivity contribution >= 4 is 0 Å². The molecule has 2 unspecified atom stereocenters. The fourth-order valence-electron chi connectivity index (χ4n) is 2.24. The van der Waals surface area contributed by atoms with Crippen LogP contribution in [0.2, 0.25) is 0 Å². The lowest BCUT2D eigenvalue weighted by Crippen LogP contribution is -2.44. The van der Waals surface area contributed by atoms with Crippen LogP contribution in [-0.4, -0.2) is 6.04 Å². The largest absolute Gasteiger partial charge is 0.307 e. The van der Waals surface area contributed by atoms with Gasteiger partial charge in [0.15, 0.2) is 0 Å². The molecular weight excluding hydrogens is 170 g/mol. The molecule has 2 rings (SSSR count). The summed E-state index contributed by atoms with van der Waals surface area (Å²) in [5, 5.41) is 3.55. The normalized spacial score (nSPS) is 26.0. The third-order valence-electron chi connectivity index (χ3n) is 3.55. The highest BCUT2D eigenvalue weighted by molar-refractivity contribution is 5.41. The van der Waals surface area contributed by atoms with E-state index in [-0.39, 0.29) is 0 Å². The zero-order valence-electron chi connectivity index (χ0n) is 9.52. The third-order valence-corrected chi connectivity index (χ3v) is 3.55. The Morgan fingerprint density at radius 1 is 1.14 bits per heavy atom. The van der Waals surface area contributed by atoms with Gasteiger partial charge < -0.3 is 5.32 Å². The third kappa shape index (κ3) is 1.46.